The molecule has 0 aromatic heterocycles. The monoisotopic (exact) mass is 480 g/mol. The lowest BCUT2D eigenvalue weighted by Crippen LogP contribution is -2.53. The number of halogens is 4. The molecule has 0 saturated carbocycles. The fourth-order valence-electron chi connectivity index (χ4n) is 4.15. The number of ether oxygens (including phenoxy) is 1. The maximum atomic E-state index is 13.4. The Labute approximate surface area is 192 Å². The number of rotatable bonds is 5. The molecule has 0 radical (unpaired) electrons. The number of alkyl halides is 3. The molecule has 2 aromatic carbocycles. The Morgan fingerprint density at radius 3 is 2.42 bits per heavy atom. The van der Waals surface area contributed by atoms with Crippen LogP contribution in [0.2, 0.25) is 5.02 Å². The first-order valence-corrected chi connectivity index (χ1v) is 10.7. The minimum atomic E-state index is -4.52. The van der Waals surface area contributed by atoms with Crippen LogP contribution in [0.25, 0.3) is 0 Å². The summed E-state index contributed by atoms with van der Waals surface area (Å²) in [6, 6.07) is 8.74. The molecule has 0 bridgehead atoms. The van der Waals surface area contributed by atoms with Crippen molar-refractivity contribution in [3.63, 3.8) is 0 Å². The zero-order chi connectivity index (χ0) is 23.8. The van der Waals surface area contributed by atoms with Gasteiger partial charge in [-0.2, -0.15) is 13.2 Å². The van der Waals surface area contributed by atoms with Crippen molar-refractivity contribution >= 4 is 29.2 Å². The number of Topliss-reactive ketones (excluding diaryl/α,β-unsaturated/α-hetero) is 1. The van der Waals surface area contributed by atoms with Crippen molar-refractivity contribution < 1.29 is 32.3 Å². The molecule has 4 rings (SSSR count). The number of ketones is 1. The van der Waals surface area contributed by atoms with Gasteiger partial charge in [0.05, 0.1) is 11.7 Å². The van der Waals surface area contributed by atoms with Crippen LogP contribution in [0.15, 0.2) is 48.5 Å². The molecule has 6 nitrogen and oxygen atoms in total. The molecule has 0 aliphatic carbocycles. The van der Waals surface area contributed by atoms with Crippen molar-refractivity contribution in [2.75, 3.05) is 13.2 Å². The smallest absolute Gasteiger partial charge is 0.368 e. The first kappa shape index (κ1) is 23.3. The van der Waals surface area contributed by atoms with Crippen LogP contribution in [0.1, 0.15) is 27.9 Å². The average molecular weight is 481 g/mol. The molecule has 3 unspecified atom stereocenters. The summed E-state index contributed by atoms with van der Waals surface area (Å²) < 4.78 is 43.9. The zero-order valence-electron chi connectivity index (χ0n) is 17.3. The van der Waals surface area contributed by atoms with Gasteiger partial charge in [0, 0.05) is 23.6 Å². The van der Waals surface area contributed by atoms with Crippen molar-refractivity contribution in [3.05, 3.63) is 70.2 Å². The molecule has 1 N–H and O–H groups in total. The molecule has 2 heterocycles. The van der Waals surface area contributed by atoms with Gasteiger partial charge in [0.25, 0.3) is 5.91 Å². The fraction of sp³-hybridized carbons (Fsp3) is 0.348. The van der Waals surface area contributed by atoms with E-state index in [2.05, 4.69) is 5.32 Å². The Hall–Kier alpha value is -2.91. The second-order valence-electron chi connectivity index (χ2n) is 8.01. The SMILES string of the molecule is O=C(NC(Cc1ccc(Cl)cc1)C(=O)N1CCC2OCC(=O)C21)c1ccc(C(F)(F)F)cc1. The van der Waals surface area contributed by atoms with Gasteiger partial charge < -0.3 is 15.0 Å². The molecule has 10 heteroatoms. The first-order chi connectivity index (χ1) is 15.6. The summed E-state index contributed by atoms with van der Waals surface area (Å²) in [5, 5.41) is 3.14. The summed E-state index contributed by atoms with van der Waals surface area (Å²) in [6.45, 7) is 0.256. The topological polar surface area (TPSA) is 75.7 Å². The second kappa shape index (κ2) is 9.15. The summed E-state index contributed by atoms with van der Waals surface area (Å²) in [6.07, 6.45) is -4.25. The van der Waals surface area contributed by atoms with E-state index in [0.717, 1.165) is 29.8 Å². The van der Waals surface area contributed by atoms with Gasteiger partial charge in [-0.15, -0.1) is 0 Å². The number of nitrogens with one attached hydrogen (secondary N) is 1. The maximum absolute atomic E-state index is 13.4. The minimum absolute atomic E-state index is 0.0171. The number of hydrogen-bond donors (Lipinski definition) is 1. The summed E-state index contributed by atoms with van der Waals surface area (Å²) in [5.41, 5.74) is -0.178. The Bertz CT molecular complexity index is 1060. The van der Waals surface area contributed by atoms with Gasteiger partial charge in [-0.3, -0.25) is 14.4 Å². The maximum Gasteiger partial charge on any atom is 0.416 e. The molecular formula is C23H20ClF3N2O4. The van der Waals surface area contributed by atoms with Crippen molar-refractivity contribution in [1.29, 1.82) is 0 Å². The zero-order valence-corrected chi connectivity index (χ0v) is 18.0. The molecule has 2 saturated heterocycles. The van der Waals surface area contributed by atoms with Crippen molar-refractivity contribution in [2.24, 2.45) is 0 Å². The molecule has 33 heavy (non-hydrogen) atoms. The summed E-state index contributed by atoms with van der Waals surface area (Å²) in [5.74, 6) is -1.33. The highest BCUT2D eigenvalue weighted by Crippen LogP contribution is 2.30. The van der Waals surface area contributed by atoms with Gasteiger partial charge >= 0.3 is 6.18 Å². The lowest BCUT2D eigenvalue weighted by atomic mass is 10.0. The molecule has 3 atom stereocenters. The third kappa shape index (κ3) is 5.04. The number of amides is 2. The highest BCUT2D eigenvalue weighted by molar-refractivity contribution is 6.30. The fourth-order valence-corrected chi connectivity index (χ4v) is 4.28. The van der Waals surface area contributed by atoms with E-state index in [1.807, 2.05) is 0 Å². The molecule has 2 aliphatic heterocycles. The Balaban J connectivity index is 1.56. The van der Waals surface area contributed by atoms with Gasteiger partial charge in [0.1, 0.15) is 18.7 Å². The van der Waals surface area contributed by atoms with E-state index < -0.39 is 35.6 Å². The van der Waals surface area contributed by atoms with Crippen molar-refractivity contribution in [1.82, 2.24) is 10.2 Å². The molecule has 2 fully saturated rings. The third-order valence-electron chi connectivity index (χ3n) is 5.83. The normalized spacial score (nSPS) is 21.1. The molecule has 2 aromatic rings. The number of carbonyl (C=O) groups is 3. The Kier molecular flexibility index (Phi) is 6.45. The van der Waals surface area contributed by atoms with Crippen LogP contribution in [0, 0.1) is 0 Å². The number of fused-ring (bicyclic) bond motifs is 1. The highest BCUT2D eigenvalue weighted by atomic mass is 35.5. The van der Waals surface area contributed by atoms with E-state index >= 15 is 0 Å². The van der Waals surface area contributed by atoms with Crippen LogP contribution in [-0.4, -0.2) is 53.8 Å². The number of benzene rings is 2. The summed E-state index contributed by atoms with van der Waals surface area (Å²) in [7, 11) is 0. The molecule has 174 valence electrons. The van der Waals surface area contributed by atoms with Crippen LogP contribution in [0.3, 0.4) is 0 Å². The predicted octanol–water partition coefficient (Wildman–Crippen LogP) is 3.27. The standard InChI is InChI=1S/C23H20ClF3N2O4/c24-16-7-1-13(2-8-16)11-17(22(32)29-10-9-19-20(29)18(30)12-33-19)28-21(31)14-3-5-15(6-4-14)23(25,26)27/h1-8,17,19-20H,9-12H2,(H,28,31). The lowest BCUT2D eigenvalue weighted by Gasteiger charge is -2.27. The molecule has 0 spiro atoms. The van der Waals surface area contributed by atoms with Crippen LogP contribution in [0.5, 0.6) is 0 Å². The van der Waals surface area contributed by atoms with Crippen LogP contribution < -0.4 is 5.32 Å². The Morgan fingerprint density at radius 1 is 1.12 bits per heavy atom. The second-order valence-corrected chi connectivity index (χ2v) is 8.45. The first-order valence-electron chi connectivity index (χ1n) is 10.3. The van der Waals surface area contributed by atoms with E-state index in [-0.39, 0.29) is 30.5 Å². The Morgan fingerprint density at radius 2 is 1.79 bits per heavy atom. The average Bonchev–Trinajstić information content (AvgIpc) is 3.37. The number of hydrogen-bond acceptors (Lipinski definition) is 4. The largest absolute Gasteiger partial charge is 0.416 e. The molecule has 2 amide bonds. The number of likely N-dealkylation sites (tertiary alicyclic amines) is 1. The molecular weight excluding hydrogens is 461 g/mol. The van der Waals surface area contributed by atoms with Crippen LogP contribution in [-0.2, 0) is 26.9 Å². The van der Waals surface area contributed by atoms with E-state index in [9.17, 15) is 27.6 Å². The van der Waals surface area contributed by atoms with Gasteiger partial charge in [0.15, 0.2) is 5.78 Å². The van der Waals surface area contributed by atoms with Gasteiger partial charge in [-0.25, -0.2) is 0 Å². The summed E-state index contributed by atoms with van der Waals surface area (Å²) in [4.78, 5) is 39.8. The number of nitrogens with zero attached hydrogens (tertiary/aromatic N) is 1. The highest BCUT2D eigenvalue weighted by Gasteiger charge is 2.48. The lowest BCUT2D eigenvalue weighted by molar-refractivity contribution is -0.138. The number of carbonyl (C=O) groups excluding carboxylic acids is 3. The van der Waals surface area contributed by atoms with Crippen molar-refractivity contribution in [3.8, 4) is 0 Å². The van der Waals surface area contributed by atoms with E-state index in [4.69, 9.17) is 16.3 Å². The third-order valence-corrected chi connectivity index (χ3v) is 6.08. The summed E-state index contributed by atoms with van der Waals surface area (Å²) >= 11 is 5.92. The van der Waals surface area contributed by atoms with E-state index in [1.165, 1.54) is 4.90 Å². The van der Waals surface area contributed by atoms with Gasteiger partial charge in [-0.05, 0) is 48.4 Å². The predicted molar refractivity (Wildman–Crippen MR) is 113 cm³/mol. The van der Waals surface area contributed by atoms with Gasteiger partial charge in [0.2, 0.25) is 5.91 Å². The van der Waals surface area contributed by atoms with Crippen molar-refractivity contribution in [2.45, 2.75) is 37.2 Å². The minimum Gasteiger partial charge on any atom is -0.368 e. The van der Waals surface area contributed by atoms with Gasteiger partial charge in [-0.1, -0.05) is 23.7 Å². The quantitative estimate of drug-likeness (QED) is 0.712. The van der Waals surface area contributed by atoms with Crippen LogP contribution >= 0.6 is 11.6 Å². The van der Waals surface area contributed by atoms with E-state index in [1.54, 1.807) is 24.3 Å². The van der Waals surface area contributed by atoms with Crippen LogP contribution in [0.4, 0.5) is 13.2 Å². The molecule has 2 aliphatic rings. The van der Waals surface area contributed by atoms with E-state index in [0.29, 0.717) is 18.0 Å².